The van der Waals surface area contributed by atoms with Crippen molar-refractivity contribution < 1.29 is 13.2 Å². The second-order valence-corrected chi connectivity index (χ2v) is 11.7. The quantitative estimate of drug-likeness (QED) is 0.394. The van der Waals surface area contributed by atoms with Gasteiger partial charge in [-0.15, -0.1) is 0 Å². The molecule has 192 valence electrons. The SMILES string of the molecule is Cc1c(C)c(C)c(S(=O)(=O)N2CCN(C(=O)c3ccc(-n4cnc5ccccc54)cc3)CC2)c(C)c1C. The molecule has 0 aliphatic carbocycles. The van der Waals surface area contributed by atoms with E-state index in [-0.39, 0.29) is 19.0 Å². The summed E-state index contributed by atoms with van der Waals surface area (Å²) in [7, 11) is -3.66. The first-order valence-electron chi connectivity index (χ1n) is 12.5. The van der Waals surface area contributed by atoms with Crippen LogP contribution in [0.3, 0.4) is 0 Å². The van der Waals surface area contributed by atoms with Gasteiger partial charge in [-0.25, -0.2) is 13.4 Å². The Kier molecular flexibility index (Phi) is 6.41. The standard InChI is InChI=1S/C29H32N4O3S/c1-19-20(2)22(4)28(23(5)21(19)3)37(35,36)32-16-14-31(15-17-32)29(34)24-10-12-25(13-11-24)33-18-30-26-8-6-7-9-27(26)33/h6-13,18H,14-17H2,1-5H3. The van der Waals surface area contributed by atoms with Crippen molar-refractivity contribution in [1.29, 1.82) is 0 Å². The molecule has 0 saturated carbocycles. The molecule has 1 aliphatic rings. The van der Waals surface area contributed by atoms with Crippen LogP contribution in [0.2, 0.25) is 0 Å². The van der Waals surface area contributed by atoms with Crippen molar-refractivity contribution >= 4 is 27.0 Å². The number of benzene rings is 3. The van der Waals surface area contributed by atoms with Crippen LogP contribution in [0.4, 0.5) is 0 Å². The maximum absolute atomic E-state index is 13.6. The molecule has 1 fully saturated rings. The lowest BCUT2D eigenvalue weighted by molar-refractivity contribution is 0.0698. The third-order valence-corrected chi connectivity index (χ3v) is 10.1. The van der Waals surface area contributed by atoms with Gasteiger partial charge in [-0.1, -0.05) is 12.1 Å². The maximum atomic E-state index is 13.6. The number of aromatic nitrogens is 2. The number of amides is 1. The molecule has 2 heterocycles. The molecule has 1 aliphatic heterocycles. The largest absolute Gasteiger partial charge is 0.336 e. The molecule has 0 unspecified atom stereocenters. The van der Waals surface area contributed by atoms with Crippen LogP contribution in [0.15, 0.2) is 59.8 Å². The Morgan fingerprint density at radius 3 is 1.95 bits per heavy atom. The molecular weight excluding hydrogens is 484 g/mol. The van der Waals surface area contributed by atoms with E-state index in [1.165, 1.54) is 4.31 Å². The fourth-order valence-electron chi connectivity index (χ4n) is 5.23. The molecule has 3 aromatic carbocycles. The summed E-state index contributed by atoms with van der Waals surface area (Å²) in [6.07, 6.45) is 1.78. The Labute approximate surface area is 218 Å². The van der Waals surface area contributed by atoms with E-state index in [1.54, 1.807) is 11.2 Å². The molecule has 0 radical (unpaired) electrons. The lowest BCUT2D eigenvalue weighted by Crippen LogP contribution is -2.50. The number of rotatable bonds is 4. The van der Waals surface area contributed by atoms with Gasteiger partial charge in [0, 0.05) is 37.4 Å². The second kappa shape index (κ2) is 9.43. The average molecular weight is 517 g/mol. The molecule has 1 saturated heterocycles. The zero-order valence-corrected chi connectivity index (χ0v) is 22.8. The van der Waals surface area contributed by atoms with Gasteiger partial charge in [0.05, 0.1) is 15.9 Å². The van der Waals surface area contributed by atoms with Crippen molar-refractivity contribution in [2.24, 2.45) is 0 Å². The first-order valence-corrected chi connectivity index (χ1v) is 13.9. The summed E-state index contributed by atoms with van der Waals surface area (Å²) in [4.78, 5) is 19.8. The van der Waals surface area contributed by atoms with Gasteiger partial charge in [-0.2, -0.15) is 4.31 Å². The van der Waals surface area contributed by atoms with E-state index in [9.17, 15) is 13.2 Å². The van der Waals surface area contributed by atoms with Crippen molar-refractivity contribution in [3.63, 3.8) is 0 Å². The van der Waals surface area contributed by atoms with Crippen LogP contribution in [0.25, 0.3) is 16.7 Å². The number of carbonyl (C=O) groups excluding carboxylic acids is 1. The van der Waals surface area contributed by atoms with Gasteiger partial charge in [-0.3, -0.25) is 9.36 Å². The smallest absolute Gasteiger partial charge is 0.253 e. The summed E-state index contributed by atoms with van der Waals surface area (Å²) in [5.41, 5.74) is 8.22. The third kappa shape index (κ3) is 4.24. The number of imidazole rings is 1. The van der Waals surface area contributed by atoms with Gasteiger partial charge in [-0.05, 0) is 98.8 Å². The molecular formula is C29H32N4O3S. The Bertz CT molecular complexity index is 1580. The van der Waals surface area contributed by atoms with Crippen molar-refractivity contribution in [3.8, 4) is 5.69 Å². The van der Waals surface area contributed by atoms with Gasteiger partial charge < -0.3 is 4.90 Å². The van der Waals surface area contributed by atoms with Crippen LogP contribution in [-0.4, -0.2) is 59.3 Å². The van der Waals surface area contributed by atoms with Gasteiger partial charge in [0.2, 0.25) is 10.0 Å². The lowest BCUT2D eigenvalue weighted by Gasteiger charge is -2.35. The van der Waals surface area contributed by atoms with E-state index < -0.39 is 10.0 Å². The molecule has 7 nitrogen and oxygen atoms in total. The van der Waals surface area contributed by atoms with Crippen LogP contribution in [0, 0.1) is 34.6 Å². The molecule has 0 bridgehead atoms. The molecule has 37 heavy (non-hydrogen) atoms. The summed E-state index contributed by atoms with van der Waals surface area (Å²) < 4.78 is 30.8. The number of para-hydroxylation sites is 2. The fourth-order valence-corrected chi connectivity index (χ4v) is 7.21. The van der Waals surface area contributed by atoms with Crippen molar-refractivity contribution in [3.05, 3.63) is 88.2 Å². The Morgan fingerprint density at radius 2 is 1.32 bits per heavy atom. The third-order valence-electron chi connectivity index (χ3n) is 7.90. The van der Waals surface area contributed by atoms with Crippen molar-refractivity contribution in [2.75, 3.05) is 26.2 Å². The minimum absolute atomic E-state index is 0.0894. The first-order chi connectivity index (χ1) is 17.6. The number of piperazine rings is 1. The normalized spacial score (nSPS) is 14.9. The summed E-state index contributed by atoms with van der Waals surface area (Å²) in [5.74, 6) is -0.0894. The van der Waals surface area contributed by atoms with Crippen LogP contribution < -0.4 is 0 Å². The van der Waals surface area contributed by atoms with Gasteiger partial charge in [0.15, 0.2) is 0 Å². The van der Waals surface area contributed by atoms with E-state index in [1.807, 2.05) is 87.7 Å². The predicted octanol–water partition coefficient (Wildman–Crippen LogP) is 4.71. The summed E-state index contributed by atoms with van der Waals surface area (Å²) in [6.45, 7) is 11.0. The van der Waals surface area contributed by atoms with Crippen molar-refractivity contribution in [2.45, 2.75) is 39.5 Å². The highest BCUT2D eigenvalue weighted by atomic mass is 32.2. The molecule has 0 atom stereocenters. The van der Waals surface area contributed by atoms with Gasteiger partial charge in [0.1, 0.15) is 6.33 Å². The Hall–Kier alpha value is -3.49. The molecule has 8 heteroatoms. The van der Waals surface area contributed by atoms with E-state index >= 15 is 0 Å². The van der Waals surface area contributed by atoms with Crippen LogP contribution >= 0.6 is 0 Å². The molecule has 5 rings (SSSR count). The molecule has 4 aromatic rings. The minimum Gasteiger partial charge on any atom is -0.336 e. The zero-order chi connectivity index (χ0) is 26.5. The Balaban J connectivity index is 1.31. The number of hydrogen-bond donors (Lipinski definition) is 0. The van der Waals surface area contributed by atoms with E-state index in [2.05, 4.69) is 4.98 Å². The monoisotopic (exact) mass is 516 g/mol. The van der Waals surface area contributed by atoms with Gasteiger partial charge >= 0.3 is 0 Å². The fraction of sp³-hybridized carbons (Fsp3) is 0.310. The van der Waals surface area contributed by atoms with Gasteiger partial charge in [0.25, 0.3) is 5.91 Å². The number of hydrogen-bond acceptors (Lipinski definition) is 4. The highest BCUT2D eigenvalue weighted by Gasteiger charge is 2.33. The summed E-state index contributed by atoms with van der Waals surface area (Å²) >= 11 is 0. The summed E-state index contributed by atoms with van der Waals surface area (Å²) in [6, 6.07) is 15.4. The van der Waals surface area contributed by atoms with Crippen LogP contribution in [0.1, 0.15) is 38.2 Å². The van der Waals surface area contributed by atoms with E-state index in [0.717, 1.165) is 44.5 Å². The predicted molar refractivity (Wildman–Crippen MR) is 146 cm³/mol. The minimum atomic E-state index is -3.66. The van der Waals surface area contributed by atoms with Crippen LogP contribution in [-0.2, 0) is 10.0 Å². The number of sulfonamides is 1. The van der Waals surface area contributed by atoms with E-state index in [4.69, 9.17) is 0 Å². The second-order valence-electron chi connectivity index (χ2n) is 9.80. The summed E-state index contributed by atoms with van der Waals surface area (Å²) in [5, 5.41) is 0. The highest BCUT2D eigenvalue weighted by Crippen LogP contribution is 2.32. The van der Waals surface area contributed by atoms with Crippen molar-refractivity contribution in [1.82, 2.24) is 18.8 Å². The maximum Gasteiger partial charge on any atom is 0.253 e. The average Bonchev–Trinajstić information content (AvgIpc) is 3.35. The topological polar surface area (TPSA) is 75.5 Å². The van der Waals surface area contributed by atoms with Crippen LogP contribution in [0.5, 0.6) is 0 Å². The first kappa shape index (κ1) is 25.2. The molecule has 0 spiro atoms. The lowest BCUT2D eigenvalue weighted by atomic mass is 9.95. The number of carbonyl (C=O) groups is 1. The molecule has 1 aromatic heterocycles. The van der Waals surface area contributed by atoms with E-state index in [0.29, 0.717) is 23.5 Å². The Morgan fingerprint density at radius 1 is 0.757 bits per heavy atom. The molecule has 1 amide bonds. The highest BCUT2D eigenvalue weighted by molar-refractivity contribution is 7.89. The zero-order valence-electron chi connectivity index (χ0n) is 21.9. The number of nitrogens with zero attached hydrogens (tertiary/aromatic N) is 4. The molecule has 0 N–H and O–H groups in total. The number of fused-ring (bicyclic) bond motifs is 1.